The Balaban J connectivity index is 0.985. The number of hydrogen-bond donors (Lipinski definition) is 0. The molecule has 56 heavy (non-hydrogen) atoms. The van der Waals surface area contributed by atoms with Crippen molar-refractivity contribution in [3.05, 3.63) is 193 Å². The lowest BCUT2D eigenvalue weighted by atomic mass is 9.81. The zero-order valence-electron chi connectivity index (χ0n) is 31.2. The summed E-state index contributed by atoms with van der Waals surface area (Å²) in [6.45, 7) is 4.79. The Morgan fingerprint density at radius 3 is 1.82 bits per heavy atom. The summed E-state index contributed by atoms with van der Waals surface area (Å²) in [6, 6.07) is 68.3. The first-order chi connectivity index (χ1) is 27.5. The van der Waals surface area contributed by atoms with E-state index in [1.165, 1.54) is 119 Å². The van der Waals surface area contributed by atoms with E-state index in [9.17, 15) is 0 Å². The van der Waals surface area contributed by atoms with Crippen LogP contribution in [0.4, 0.5) is 0 Å². The minimum absolute atomic E-state index is 0.0878. The molecule has 0 fully saturated rings. The van der Waals surface area contributed by atoms with Crippen LogP contribution in [0, 0.1) is 0 Å². The summed E-state index contributed by atoms with van der Waals surface area (Å²) in [5.41, 5.74) is 13.0. The van der Waals surface area contributed by atoms with Crippen LogP contribution in [0.5, 0.6) is 0 Å². The highest BCUT2D eigenvalue weighted by Crippen LogP contribution is 2.52. The van der Waals surface area contributed by atoms with Gasteiger partial charge in [0.2, 0.25) is 0 Å². The molecule has 1 heteroatoms. The summed E-state index contributed by atoms with van der Waals surface area (Å²) in [5, 5.41) is 13.1. The molecule has 0 unspecified atom stereocenters. The quantitative estimate of drug-likeness (QED) is 0.159. The van der Waals surface area contributed by atoms with Crippen molar-refractivity contribution in [3.63, 3.8) is 0 Å². The molecular formula is C55H36S. The minimum atomic E-state index is -0.0878. The second-order valence-electron chi connectivity index (χ2n) is 16.0. The molecule has 1 aliphatic rings. The van der Waals surface area contributed by atoms with Crippen LogP contribution in [0.3, 0.4) is 0 Å². The second-order valence-corrected chi connectivity index (χ2v) is 17.1. The maximum absolute atomic E-state index is 2.50. The van der Waals surface area contributed by atoms with Gasteiger partial charge in [-0.25, -0.2) is 0 Å². The van der Waals surface area contributed by atoms with Crippen LogP contribution in [-0.2, 0) is 5.41 Å². The lowest BCUT2D eigenvalue weighted by Gasteiger charge is -2.22. The molecule has 0 nitrogen and oxygen atoms in total. The zero-order valence-corrected chi connectivity index (χ0v) is 32.0. The molecule has 0 amide bonds. The third kappa shape index (κ3) is 4.53. The van der Waals surface area contributed by atoms with E-state index in [4.69, 9.17) is 0 Å². The van der Waals surface area contributed by atoms with Gasteiger partial charge in [-0.2, -0.15) is 0 Å². The third-order valence-electron chi connectivity index (χ3n) is 12.6. The summed E-state index contributed by atoms with van der Waals surface area (Å²) in [6.07, 6.45) is 0. The average Bonchev–Trinajstić information content (AvgIpc) is 3.73. The summed E-state index contributed by atoms with van der Waals surface area (Å²) in [7, 11) is 0. The smallest absolute Gasteiger partial charge is 0.0361 e. The van der Waals surface area contributed by atoms with Crippen molar-refractivity contribution < 1.29 is 0 Å². The van der Waals surface area contributed by atoms with Crippen molar-refractivity contribution in [2.75, 3.05) is 0 Å². The van der Waals surface area contributed by atoms with Crippen LogP contribution in [0.2, 0.25) is 0 Å². The van der Waals surface area contributed by atoms with E-state index < -0.39 is 0 Å². The average molecular weight is 729 g/mol. The zero-order chi connectivity index (χ0) is 37.1. The van der Waals surface area contributed by atoms with E-state index in [0.717, 1.165) is 0 Å². The van der Waals surface area contributed by atoms with Gasteiger partial charge in [-0.3, -0.25) is 0 Å². The molecule has 1 aliphatic carbocycles. The first-order valence-corrected chi connectivity index (χ1v) is 20.4. The molecule has 1 heterocycles. The first-order valence-electron chi connectivity index (χ1n) is 19.6. The highest BCUT2D eigenvalue weighted by molar-refractivity contribution is 7.26. The van der Waals surface area contributed by atoms with Gasteiger partial charge < -0.3 is 0 Å². The van der Waals surface area contributed by atoms with Gasteiger partial charge in [0.05, 0.1) is 0 Å². The lowest BCUT2D eigenvalue weighted by Crippen LogP contribution is -2.14. The maximum atomic E-state index is 2.50. The molecule has 262 valence electrons. The normalized spacial score (nSPS) is 13.3. The maximum Gasteiger partial charge on any atom is 0.0361 e. The summed E-state index contributed by atoms with van der Waals surface area (Å²) >= 11 is 1.90. The third-order valence-corrected chi connectivity index (χ3v) is 13.8. The monoisotopic (exact) mass is 728 g/mol. The molecule has 0 bridgehead atoms. The summed E-state index contributed by atoms with van der Waals surface area (Å²) < 4.78 is 2.72. The molecule has 10 aromatic carbocycles. The van der Waals surface area contributed by atoms with Crippen LogP contribution >= 0.6 is 11.3 Å². The molecule has 0 spiro atoms. The standard InChI is InChI=1S/C55H36S/c1-55(2)49-27-25-36(29-47(49)48-31-38-26-28-52-54(45(38)32-50(48)55)44-16-7-8-20-51(44)56-52)33-21-23-35(24-22-33)53-40-15-6-4-12-37(40)30-46-42(18-10-19-43(46)53)41-17-9-13-34-11-3-5-14-39(34)41/h3-32H,1-2H3. The predicted octanol–water partition coefficient (Wildman–Crippen LogP) is 16.0. The van der Waals surface area contributed by atoms with E-state index in [2.05, 4.69) is 196 Å². The van der Waals surface area contributed by atoms with Crippen molar-refractivity contribution in [2.24, 2.45) is 0 Å². The van der Waals surface area contributed by atoms with Gasteiger partial charge in [0.25, 0.3) is 0 Å². The fourth-order valence-electron chi connectivity index (χ4n) is 9.90. The van der Waals surface area contributed by atoms with E-state index >= 15 is 0 Å². The van der Waals surface area contributed by atoms with E-state index in [-0.39, 0.29) is 5.41 Å². The van der Waals surface area contributed by atoms with E-state index in [1.807, 2.05) is 11.3 Å². The largest absolute Gasteiger partial charge is 0.135 e. The van der Waals surface area contributed by atoms with Crippen molar-refractivity contribution in [3.8, 4) is 44.5 Å². The van der Waals surface area contributed by atoms with Crippen LogP contribution in [0.1, 0.15) is 25.0 Å². The van der Waals surface area contributed by atoms with Crippen LogP contribution < -0.4 is 0 Å². The molecule has 1 aromatic heterocycles. The molecule has 12 rings (SSSR count). The lowest BCUT2D eigenvalue weighted by molar-refractivity contribution is 0.661. The van der Waals surface area contributed by atoms with Gasteiger partial charge in [0, 0.05) is 25.6 Å². The van der Waals surface area contributed by atoms with Crippen molar-refractivity contribution in [1.82, 2.24) is 0 Å². The van der Waals surface area contributed by atoms with E-state index in [1.54, 1.807) is 0 Å². The molecule has 0 radical (unpaired) electrons. The SMILES string of the molecule is CC1(C)c2ccc(-c3ccc(-c4c5ccccc5cc5c(-c6cccc7ccccc67)cccc45)cc3)cc2-c2cc3ccc4sc5ccccc5c4c3cc21. The number of fused-ring (bicyclic) bond motifs is 11. The molecule has 0 aliphatic heterocycles. The van der Waals surface area contributed by atoms with Crippen molar-refractivity contribution in [2.45, 2.75) is 19.3 Å². The van der Waals surface area contributed by atoms with Crippen LogP contribution in [0.15, 0.2) is 182 Å². The number of hydrogen-bond acceptors (Lipinski definition) is 1. The molecular weight excluding hydrogens is 693 g/mol. The van der Waals surface area contributed by atoms with E-state index in [0.29, 0.717) is 0 Å². The molecule has 0 N–H and O–H groups in total. The Morgan fingerprint density at radius 2 is 0.964 bits per heavy atom. The van der Waals surface area contributed by atoms with Crippen molar-refractivity contribution in [1.29, 1.82) is 0 Å². The Hall–Kier alpha value is -6.54. The Bertz CT molecular complexity index is 3430. The number of benzene rings is 10. The molecule has 11 aromatic rings. The minimum Gasteiger partial charge on any atom is -0.135 e. The highest BCUT2D eigenvalue weighted by atomic mass is 32.1. The van der Waals surface area contributed by atoms with Crippen molar-refractivity contribution >= 4 is 74.6 Å². The van der Waals surface area contributed by atoms with Gasteiger partial charge in [-0.15, -0.1) is 11.3 Å². The molecule has 0 saturated heterocycles. The summed E-state index contributed by atoms with van der Waals surface area (Å²) in [4.78, 5) is 0. The van der Waals surface area contributed by atoms with Gasteiger partial charge in [-0.05, 0) is 135 Å². The molecule has 0 saturated carbocycles. The van der Waals surface area contributed by atoms with Crippen LogP contribution in [0.25, 0.3) is 108 Å². The fourth-order valence-corrected chi connectivity index (χ4v) is 11.0. The Morgan fingerprint density at radius 1 is 0.339 bits per heavy atom. The topological polar surface area (TPSA) is 0 Å². The summed E-state index contributed by atoms with van der Waals surface area (Å²) in [5.74, 6) is 0. The van der Waals surface area contributed by atoms with Gasteiger partial charge in [-0.1, -0.05) is 159 Å². The van der Waals surface area contributed by atoms with Gasteiger partial charge >= 0.3 is 0 Å². The number of thiophene rings is 1. The molecule has 0 atom stereocenters. The number of rotatable bonds is 3. The highest BCUT2D eigenvalue weighted by Gasteiger charge is 2.36. The van der Waals surface area contributed by atoms with Gasteiger partial charge in [0.15, 0.2) is 0 Å². The second kappa shape index (κ2) is 11.7. The van der Waals surface area contributed by atoms with Gasteiger partial charge in [0.1, 0.15) is 0 Å². The van der Waals surface area contributed by atoms with Crippen LogP contribution in [-0.4, -0.2) is 0 Å². The Labute approximate surface area is 329 Å². The Kier molecular flexibility index (Phi) is 6.66. The first kappa shape index (κ1) is 31.8. The fraction of sp³-hybridized carbons (Fsp3) is 0.0545. The predicted molar refractivity (Wildman–Crippen MR) is 243 cm³/mol.